The summed E-state index contributed by atoms with van der Waals surface area (Å²) in [5.74, 6) is 0.962. The van der Waals surface area contributed by atoms with E-state index in [1.54, 1.807) is 0 Å². The zero-order valence-electron chi connectivity index (χ0n) is 16.7. The minimum atomic E-state index is -0.118. The lowest BCUT2D eigenvalue weighted by Gasteiger charge is -2.21. The van der Waals surface area contributed by atoms with E-state index in [0.29, 0.717) is 13.0 Å². The number of hydrogen-bond donors (Lipinski definition) is 1. The summed E-state index contributed by atoms with van der Waals surface area (Å²) in [5, 5.41) is 3.52. The zero-order valence-corrected chi connectivity index (χ0v) is 16.7. The molecule has 0 spiro atoms. The van der Waals surface area contributed by atoms with E-state index in [1.807, 2.05) is 74.5 Å². The second-order valence-corrected chi connectivity index (χ2v) is 7.06. The number of anilines is 1. The zero-order chi connectivity index (χ0) is 19.9. The minimum Gasteiger partial charge on any atom is -0.494 e. The predicted molar refractivity (Wildman–Crippen MR) is 115 cm³/mol. The van der Waals surface area contributed by atoms with E-state index >= 15 is 0 Å². The molecule has 0 amide bonds. The van der Waals surface area contributed by atoms with E-state index in [4.69, 9.17) is 4.74 Å². The molecule has 28 heavy (non-hydrogen) atoms. The van der Waals surface area contributed by atoms with E-state index < -0.39 is 0 Å². The van der Waals surface area contributed by atoms with E-state index in [0.717, 1.165) is 28.1 Å². The molecule has 3 rings (SSSR count). The fourth-order valence-corrected chi connectivity index (χ4v) is 3.11. The molecule has 0 aliphatic heterocycles. The molecule has 0 aromatic heterocycles. The lowest BCUT2D eigenvalue weighted by atomic mass is 9.97. The van der Waals surface area contributed by atoms with Gasteiger partial charge in [0.1, 0.15) is 5.75 Å². The van der Waals surface area contributed by atoms with Crippen LogP contribution in [0.15, 0.2) is 72.8 Å². The van der Waals surface area contributed by atoms with E-state index in [2.05, 4.69) is 24.4 Å². The molecule has 0 aliphatic carbocycles. The molecule has 0 saturated heterocycles. The first-order valence-electron chi connectivity index (χ1n) is 9.71. The molecule has 0 saturated carbocycles. The Bertz CT molecular complexity index is 897. The topological polar surface area (TPSA) is 38.3 Å². The van der Waals surface area contributed by atoms with Gasteiger partial charge in [-0.1, -0.05) is 59.7 Å². The Kier molecular flexibility index (Phi) is 6.49. The Hall–Kier alpha value is -3.07. The van der Waals surface area contributed by atoms with Crippen LogP contribution >= 0.6 is 0 Å². The quantitative estimate of drug-likeness (QED) is 0.483. The van der Waals surface area contributed by atoms with Crippen molar-refractivity contribution >= 4 is 11.5 Å². The van der Waals surface area contributed by atoms with Gasteiger partial charge in [0, 0.05) is 17.7 Å². The summed E-state index contributed by atoms with van der Waals surface area (Å²) in [4.78, 5) is 12.9. The standard InChI is InChI=1S/C25H27NO2/c1-4-28-23-15-11-20(12-16-23)24(26-22-13-7-19(3)8-14-22)17-25(27)21-9-5-18(2)6-10-21/h5-16,24,26H,4,17H2,1-3H3. The first kappa shape index (κ1) is 19.7. The van der Waals surface area contributed by atoms with Crippen LogP contribution in [-0.4, -0.2) is 12.4 Å². The maximum Gasteiger partial charge on any atom is 0.165 e. The van der Waals surface area contributed by atoms with E-state index in [-0.39, 0.29) is 11.8 Å². The van der Waals surface area contributed by atoms with Crippen LogP contribution in [-0.2, 0) is 0 Å². The highest BCUT2D eigenvalue weighted by molar-refractivity contribution is 5.96. The van der Waals surface area contributed by atoms with Crippen molar-refractivity contribution in [2.75, 3.05) is 11.9 Å². The van der Waals surface area contributed by atoms with Gasteiger partial charge in [-0.2, -0.15) is 0 Å². The lowest BCUT2D eigenvalue weighted by molar-refractivity contribution is 0.0976. The van der Waals surface area contributed by atoms with Gasteiger partial charge in [0.2, 0.25) is 0 Å². The molecule has 144 valence electrons. The van der Waals surface area contributed by atoms with Gasteiger partial charge in [0.15, 0.2) is 5.78 Å². The van der Waals surface area contributed by atoms with Crippen LogP contribution in [0.25, 0.3) is 0 Å². The smallest absolute Gasteiger partial charge is 0.165 e. The van der Waals surface area contributed by atoms with Crippen LogP contribution in [0.2, 0.25) is 0 Å². The number of ether oxygens (including phenoxy) is 1. The highest BCUT2D eigenvalue weighted by Crippen LogP contribution is 2.26. The first-order valence-corrected chi connectivity index (χ1v) is 9.71. The molecule has 0 heterocycles. The number of carbonyl (C=O) groups is 1. The lowest BCUT2D eigenvalue weighted by Crippen LogP contribution is -2.16. The van der Waals surface area contributed by atoms with E-state index in [9.17, 15) is 4.79 Å². The number of rotatable bonds is 8. The number of nitrogens with one attached hydrogen (secondary N) is 1. The Morgan fingerprint density at radius 2 is 1.43 bits per heavy atom. The molecule has 0 aliphatic rings. The van der Waals surface area contributed by atoms with Gasteiger partial charge < -0.3 is 10.1 Å². The van der Waals surface area contributed by atoms with Crippen molar-refractivity contribution in [2.45, 2.75) is 33.2 Å². The molecule has 0 fully saturated rings. The van der Waals surface area contributed by atoms with Gasteiger partial charge in [0.05, 0.1) is 12.6 Å². The second-order valence-electron chi connectivity index (χ2n) is 7.06. The summed E-state index contributed by atoms with van der Waals surface area (Å²) >= 11 is 0. The Balaban J connectivity index is 1.83. The summed E-state index contributed by atoms with van der Waals surface area (Å²) in [6.07, 6.45) is 0.380. The molecule has 3 heteroatoms. The van der Waals surface area contributed by atoms with Crippen LogP contribution in [0.4, 0.5) is 5.69 Å². The molecule has 1 unspecified atom stereocenters. The van der Waals surface area contributed by atoms with Crippen LogP contribution in [0.3, 0.4) is 0 Å². The van der Waals surface area contributed by atoms with Crippen molar-refractivity contribution in [3.8, 4) is 5.75 Å². The molecule has 3 aromatic rings. The number of Topliss-reactive ketones (excluding diaryl/α,β-unsaturated/α-hetero) is 1. The largest absolute Gasteiger partial charge is 0.494 e. The predicted octanol–water partition coefficient (Wildman–Crippen LogP) is 6.13. The van der Waals surface area contributed by atoms with Gasteiger partial charge in [-0.25, -0.2) is 0 Å². The van der Waals surface area contributed by atoms with Gasteiger partial charge in [-0.3, -0.25) is 4.79 Å². The van der Waals surface area contributed by atoms with Crippen molar-refractivity contribution < 1.29 is 9.53 Å². The Labute approximate surface area is 167 Å². The molecule has 0 radical (unpaired) electrons. The van der Waals surface area contributed by atoms with Crippen LogP contribution < -0.4 is 10.1 Å². The SMILES string of the molecule is CCOc1ccc(C(CC(=O)c2ccc(C)cc2)Nc2ccc(C)cc2)cc1. The number of carbonyl (C=O) groups excluding carboxylic acids is 1. The molecule has 0 bridgehead atoms. The van der Waals surface area contributed by atoms with Crippen molar-refractivity contribution in [2.24, 2.45) is 0 Å². The van der Waals surface area contributed by atoms with Crippen molar-refractivity contribution in [3.05, 3.63) is 95.1 Å². The fraction of sp³-hybridized carbons (Fsp3) is 0.240. The number of benzene rings is 3. The third kappa shape index (κ3) is 5.23. The van der Waals surface area contributed by atoms with Gasteiger partial charge >= 0.3 is 0 Å². The number of ketones is 1. The Morgan fingerprint density at radius 3 is 2.00 bits per heavy atom. The average Bonchev–Trinajstić information content (AvgIpc) is 2.70. The number of hydrogen-bond acceptors (Lipinski definition) is 3. The first-order chi connectivity index (χ1) is 13.5. The van der Waals surface area contributed by atoms with Gasteiger partial charge in [-0.15, -0.1) is 0 Å². The van der Waals surface area contributed by atoms with E-state index in [1.165, 1.54) is 5.56 Å². The van der Waals surface area contributed by atoms with Gasteiger partial charge in [-0.05, 0) is 50.6 Å². The maximum absolute atomic E-state index is 12.9. The summed E-state index contributed by atoms with van der Waals surface area (Å²) in [5.41, 5.74) is 5.16. The summed E-state index contributed by atoms with van der Waals surface area (Å²) < 4.78 is 5.55. The second kappa shape index (κ2) is 9.23. The third-order valence-corrected chi connectivity index (χ3v) is 4.75. The summed E-state index contributed by atoms with van der Waals surface area (Å²) in [6, 6.07) is 23.8. The average molecular weight is 373 g/mol. The minimum absolute atomic E-state index is 0.118. The van der Waals surface area contributed by atoms with Crippen LogP contribution in [0.5, 0.6) is 5.75 Å². The van der Waals surface area contributed by atoms with Crippen molar-refractivity contribution in [1.29, 1.82) is 0 Å². The molecular weight excluding hydrogens is 346 g/mol. The molecule has 1 atom stereocenters. The van der Waals surface area contributed by atoms with Crippen LogP contribution in [0, 0.1) is 13.8 Å². The summed E-state index contributed by atoms with van der Waals surface area (Å²) in [6.45, 7) is 6.69. The number of aryl methyl sites for hydroxylation is 2. The molecule has 3 aromatic carbocycles. The fourth-order valence-electron chi connectivity index (χ4n) is 3.11. The van der Waals surface area contributed by atoms with Crippen LogP contribution in [0.1, 0.15) is 46.4 Å². The summed E-state index contributed by atoms with van der Waals surface area (Å²) in [7, 11) is 0. The maximum atomic E-state index is 12.9. The molecule has 3 nitrogen and oxygen atoms in total. The highest BCUT2D eigenvalue weighted by Gasteiger charge is 2.17. The molecular formula is C25H27NO2. The van der Waals surface area contributed by atoms with Gasteiger partial charge in [0.25, 0.3) is 0 Å². The van der Waals surface area contributed by atoms with Crippen molar-refractivity contribution in [3.63, 3.8) is 0 Å². The Morgan fingerprint density at radius 1 is 0.857 bits per heavy atom. The van der Waals surface area contributed by atoms with Crippen molar-refractivity contribution in [1.82, 2.24) is 0 Å². The third-order valence-electron chi connectivity index (χ3n) is 4.75. The highest BCUT2D eigenvalue weighted by atomic mass is 16.5. The molecule has 1 N–H and O–H groups in total. The monoisotopic (exact) mass is 373 g/mol. The normalized spacial score (nSPS) is 11.7.